The van der Waals surface area contributed by atoms with Crippen LogP contribution in [-0.2, 0) is 38.2 Å². The quantitative estimate of drug-likeness (QED) is 0.0819. The van der Waals surface area contributed by atoms with Crippen molar-refractivity contribution in [3.63, 3.8) is 0 Å². The summed E-state index contributed by atoms with van der Waals surface area (Å²) in [5.41, 5.74) is 0. The highest BCUT2D eigenvalue weighted by atomic mass is 16.5. The molecule has 5 N–H and O–H groups in total. The first-order valence-electron chi connectivity index (χ1n) is 18.8. The van der Waals surface area contributed by atoms with Gasteiger partial charge in [0.05, 0.1) is 33.5 Å². The minimum Gasteiger partial charge on any atom is -0.494 e. The molecule has 0 saturated heterocycles. The van der Waals surface area contributed by atoms with Gasteiger partial charge in [-0.15, -0.1) is 0 Å². The Labute approximate surface area is 323 Å². The van der Waals surface area contributed by atoms with Crippen LogP contribution < -0.4 is 30.7 Å². The Hall–Kier alpha value is -4.92. The van der Waals surface area contributed by atoms with Crippen molar-refractivity contribution in [3.8, 4) is 11.5 Å². The number of fused-ring (bicyclic) bond motifs is 1. The van der Waals surface area contributed by atoms with Gasteiger partial charge < -0.3 is 45.3 Å². The highest BCUT2D eigenvalue weighted by Crippen LogP contribution is 2.25. The summed E-state index contributed by atoms with van der Waals surface area (Å²) in [6.45, 7) is 12.6. The number of esters is 2. The largest absolute Gasteiger partial charge is 0.494 e. The number of benzene rings is 2. The van der Waals surface area contributed by atoms with E-state index in [4.69, 9.17) is 14.2 Å². The summed E-state index contributed by atoms with van der Waals surface area (Å²) in [5.74, 6) is -2.82. The number of carbonyl (C=O) groups excluding carboxylic acids is 6. The first-order chi connectivity index (χ1) is 26.0. The minimum atomic E-state index is -1.36. The summed E-state index contributed by atoms with van der Waals surface area (Å²) in [5, 5.41) is 22.9. The van der Waals surface area contributed by atoms with E-state index in [0.29, 0.717) is 30.9 Å². The van der Waals surface area contributed by atoms with E-state index in [2.05, 4.69) is 26.0 Å². The molecule has 0 aliphatic rings. The molecule has 0 aliphatic heterocycles. The lowest BCUT2D eigenvalue weighted by Gasteiger charge is -2.29. The molecule has 5 atom stereocenters. The van der Waals surface area contributed by atoms with Crippen LogP contribution in [0.2, 0.25) is 0 Å². The molecule has 0 bridgehead atoms. The monoisotopic (exact) mass is 772 g/mol. The molecule has 306 valence electrons. The third-order valence-corrected chi connectivity index (χ3v) is 8.71. The zero-order chi connectivity index (χ0) is 41.2. The average Bonchev–Trinajstić information content (AvgIpc) is 3.13. The molecular weight excluding hydrogens is 712 g/mol. The lowest BCUT2D eigenvalue weighted by atomic mass is 9.98. The normalized spacial score (nSPS) is 14.0. The predicted molar refractivity (Wildman–Crippen MR) is 206 cm³/mol. The molecule has 2 aromatic rings. The van der Waals surface area contributed by atoms with Gasteiger partial charge in [-0.2, -0.15) is 0 Å². The van der Waals surface area contributed by atoms with Gasteiger partial charge in [-0.05, 0) is 79.0 Å². The molecular formula is C40H60N4O11. The highest BCUT2D eigenvalue weighted by Gasteiger charge is 2.34. The van der Waals surface area contributed by atoms with Crippen molar-refractivity contribution in [3.05, 3.63) is 36.4 Å². The standard InChI is InChI=1S/C40H60N4O11/c1-23(2)20-31(37(48)43-34(24(3)4)38(49)44-35(25(5)6)40(51)53-9)41-39(50)36(26(7)45)42-32(46)12-10-18-54-29-16-14-27-15-17-30(22-28(27)21-29)55-19-11-13-33(47)52-8/h14-17,21-26,31,34-36,45H,10-13,18-20H2,1-9H3,(H,41,50)(H,42,46)(H,43,48)(H,44,49)/t26-,31+,34+,35+,36+/m1/s1. The third-order valence-electron chi connectivity index (χ3n) is 8.71. The second kappa shape index (κ2) is 23.1. The Morgan fingerprint density at radius 3 is 1.64 bits per heavy atom. The molecule has 15 nitrogen and oxygen atoms in total. The summed E-state index contributed by atoms with van der Waals surface area (Å²) in [6, 6.07) is 6.82. The van der Waals surface area contributed by atoms with Crippen molar-refractivity contribution in [2.24, 2.45) is 17.8 Å². The number of nitrogens with one attached hydrogen (secondary N) is 4. The van der Waals surface area contributed by atoms with E-state index in [0.717, 1.165) is 10.8 Å². The van der Waals surface area contributed by atoms with E-state index >= 15 is 0 Å². The molecule has 0 saturated carbocycles. The number of hydrogen-bond acceptors (Lipinski definition) is 11. The highest BCUT2D eigenvalue weighted by molar-refractivity contribution is 5.95. The molecule has 2 aromatic carbocycles. The van der Waals surface area contributed by atoms with Gasteiger partial charge in [0.1, 0.15) is 35.7 Å². The Balaban J connectivity index is 1.98. The van der Waals surface area contributed by atoms with Gasteiger partial charge in [0.15, 0.2) is 0 Å². The molecule has 0 aromatic heterocycles. The van der Waals surface area contributed by atoms with E-state index in [-0.39, 0.29) is 49.6 Å². The van der Waals surface area contributed by atoms with E-state index < -0.39 is 59.9 Å². The zero-order valence-corrected chi connectivity index (χ0v) is 33.6. The van der Waals surface area contributed by atoms with Crippen molar-refractivity contribution >= 4 is 46.3 Å². The first-order valence-corrected chi connectivity index (χ1v) is 18.8. The molecule has 55 heavy (non-hydrogen) atoms. The molecule has 2 rings (SSSR count). The van der Waals surface area contributed by atoms with Crippen LogP contribution in [0.3, 0.4) is 0 Å². The number of rotatable bonds is 23. The van der Waals surface area contributed by atoms with Gasteiger partial charge in [-0.3, -0.25) is 24.0 Å². The molecule has 0 heterocycles. The fraction of sp³-hybridized carbons (Fsp3) is 0.600. The summed E-state index contributed by atoms with van der Waals surface area (Å²) < 4.78 is 21.1. The Bertz CT molecular complexity index is 1590. The van der Waals surface area contributed by atoms with Crippen LogP contribution in [0, 0.1) is 17.8 Å². The second-order valence-electron chi connectivity index (χ2n) is 14.6. The van der Waals surface area contributed by atoms with Crippen molar-refractivity contribution < 1.29 is 52.8 Å². The third kappa shape index (κ3) is 15.8. The van der Waals surface area contributed by atoms with Crippen molar-refractivity contribution in [2.75, 3.05) is 27.4 Å². The molecule has 15 heteroatoms. The van der Waals surface area contributed by atoms with Gasteiger partial charge in [-0.1, -0.05) is 53.7 Å². The van der Waals surface area contributed by atoms with Gasteiger partial charge in [0.25, 0.3) is 0 Å². The molecule has 4 amide bonds. The minimum absolute atomic E-state index is 0.00230. The van der Waals surface area contributed by atoms with E-state index in [1.54, 1.807) is 27.7 Å². The summed E-state index contributed by atoms with van der Waals surface area (Å²) in [6.07, 6.45) is 0.0273. The van der Waals surface area contributed by atoms with Crippen LogP contribution in [0.5, 0.6) is 11.5 Å². The number of ether oxygens (including phenoxy) is 4. The van der Waals surface area contributed by atoms with E-state index in [1.165, 1.54) is 21.1 Å². The summed E-state index contributed by atoms with van der Waals surface area (Å²) in [7, 11) is 2.57. The van der Waals surface area contributed by atoms with Gasteiger partial charge >= 0.3 is 11.9 Å². The maximum Gasteiger partial charge on any atom is 0.328 e. The van der Waals surface area contributed by atoms with E-state index in [9.17, 15) is 33.9 Å². The van der Waals surface area contributed by atoms with Crippen LogP contribution in [0.4, 0.5) is 0 Å². The number of aliphatic hydroxyl groups is 1. The SMILES string of the molecule is COC(=O)CCCOc1ccc2ccc(OCCCC(=O)N[C@H](C(=O)N[C@@H](CC(C)C)C(=O)N[C@H](C(=O)N[C@H](C(=O)OC)C(C)C)C(C)C)[C@@H](C)O)cc2c1. The molecule has 0 aliphatic carbocycles. The predicted octanol–water partition coefficient (Wildman–Crippen LogP) is 3.18. The Kier molecular flexibility index (Phi) is 19.4. The fourth-order valence-corrected chi connectivity index (χ4v) is 5.59. The number of aliphatic hydroxyl groups excluding tert-OH is 1. The van der Waals surface area contributed by atoms with Gasteiger partial charge in [-0.25, -0.2) is 4.79 Å². The van der Waals surface area contributed by atoms with Crippen molar-refractivity contribution in [1.29, 1.82) is 0 Å². The van der Waals surface area contributed by atoms with Crippen LogP contribution in [0.1, 0.15) is 80.6 Å². The van der Waals surface area contributed by atoms with Gasteiger partial charge in [0, 0.05) is 12.8 Å². The second-order valence-corrected chi connectivity index (χ2v) is 14.6. The van der Waals surface area contributed by atoms with Gasteiger partial charge in [0.2, 0.25) is 23.6 Å². The zero-order valence-electron chi connectivity index (χ0n) is 33.6. The summed E-state index contributed by atoms with van der Waals surface area (Å²) >= 11 is 0. The van der Waals surface area contributed by atoms with E-state index in [1.807, 2.05) is 50.2 Å². The average molecular weight is 773 g/mol. The Morgan fingerprint density at radius 2 is 1.15 bits per heavy atom. The topological polar surface area (TPSA) is 208 Å². The fourth-order valence-electron chi connectivity index (χ4n) is 5.59. The summed E-state index contributed by atoms with van der Waals surface area (Å²) in [4.78, 5) is 76.6. The van der Waals surface area contributed by atoms with Crippen LogP contribution >= 0.6 is 0 Å². The van der Waals surface area contributed by atoms with Crippen LogP contribution in [0.15, 0.2) is 36.4 Å². The molecule has 0 fully saturated rings. The van der Waals surface area contributed by atoms with Crippen molar-refractivity contribution in [1.82, 2.24) is 21.3 Å². The Morgan fingerprint density at radius 1 is 0.618 bits per heavy atom. The number of hydrogen-bond donors (Lipinski definition) is 5. The first kappa shape index (κ1) is 46.2. The van der Waals surface area contributed by atoms with Crippen molar-refractivity contribution in [2.45, 2.75) is 111 Å². The van der Waals surface area contributed by atoms with Crippen LogP contribution in [0.25, 0.3) is 10.8 Å². The maximum absolute atomic E-state index is 13.5. The number of carbonyl (C=O) groups is 6. The smallest absolute Gasteiger partial charge is 0.328 e. The lowest BCUT2D eigenvalue weighted by Crippen LogP contribution is -2.60. The van der Waals surface area contributed by atoms with Crippen LogP contribution in [-0.4, -0.2) is 98.4 Å². The number of methoxy groups -OCH3 is 2. The maximum atomic E-state index is 13.5. The molecule has 0 radical (unpaired) electrons. The number of amides is 4. The lowest BCUT2D eigenvalue weighted by molar-refractivity contribution is -0.147. The molecule has 0 spiro atoms. The molecule has 0 unspecified atom stereocenters.